The molecular weight excluding hydrogens is 270 g/mol. The molecular formula is C13H18ClNO2S. The minimum atomic E-state index is 0.131. The number of nitrogens with one attached hydrogen (secondary N) is 1. The van der Waals surface area contributed by atoms with E-state index in [-0.39, 0.29) is 10.9 Å². The maximum absolute atomic E-state index is 6.41. The monoisotopic (exact) mass is 287 g/mol. The SMILES string of the molecule is COc1ccc(C2NC(C)(C)CS2)c(Cl)c1OC. The summed E-state index contributed by atoms with van der Waals surface area (Å²) in [6.07, 6.45) is 0. The Hall–Kier alpha value is -0.580. The van der Waals surface area contributed by atoms with Gasteiger partial charge in [-0.1, -0.05) is 17.7 Å². The third-order valence-corrected chi connectivity index (χ3v) is 4.91. The van der Waals surface area contributed by atoms with Gasteiger partial charge in [-0.25, -0.2) is 0 Å². The lowest BCUT2D eigenvalue weighted by Crippen LogP contribution is -2.35. The standard InChI is InChI=1S/C13H18ClNO2S/c1-13(2)7-18-12(15-13)8-5-6-9(16-3)11(17-4)10(8)14/h5-6,12,15H,7H2,1-4H3. The first-order valence-electron chi connectivity index (χ1n) is 5.78. The van der Waals surface area contributed by atoms with Crippen molar-refractivity contribution in [2.24, 2.45) is 0 Å². The zero-order chi connectivity index (χ0) is 13.3. The molecule has 1 fully saturated rings. The highest BCUT2D eigenvalue weighted by atomic mass is 35.5. The minimum Gasteiger partial charge on any atom is -0.493 e. The van der Waals surface area contributed by atoms with Gasteiger partial charge in [0.05, 0.1) is 24.6 Å². The molecule has 0 amide bonds. The van der Waals surface area contributed by atoms with Crippen LogP contribution in [0.25, 0.3) is 0 Å². The zero-order valence-corrected chi connectivity index (χ0v) is 12.6. The first-order valence-corrected chi connectivity index (χ1v) is 7.21. The van der Waals surface area contributed by atoms with E-state index in [2.05, 4.69) is 19.2 Å². The summed E-state index contributed by atoms with van der Waals surface area (Å²) < 4.78 is 10.6. The van der Waals surface area contributed by atoms with E-state index < -0.39 is 0 Å². The molecule has 100 valence electrons. The fourth-order valence-electron chi connectivity index (χ4n) is 2.00. The maximum atomic E-state index is 6.41. The first kappa shape index (κ1) is 13.8. The van der Waals surface area contributed by atoms with Crippen molar-refractivity contribution in [2.75, 3.05) is 20.0 Å². The summed E-state index contributed by atoms with van der Waals surface area (Å²) in [5, 5.41) is 4.38. The highest BCUT2D eigenvalue weighted by Gasteiger charge is 2.33. The van der Waals surface area contributed by atoms with E-state index in [0.717, 1.165) is 11.3 Å². The summed E-state index contributed by atoms with van der Waals surface area (Å²) in [6.45, 7) is 4.38. The Kier molecular flexibility index (Phi) is 3.99. The normalized spacial score (nSPS) is 21.9. The van der Waals surface area contributed by atoms with Crippen LogP contribution in [0.4, 0.5) is 0 Å². The smallest absolute Gasteiger partial charge is 0.179 e. The molecule has 0 bridgehead atoms. The minimum absolute atomic E-state index is 0.131. The second kappa shape index (κ2) is 5.19. The Morgan fingerprint density at radius 3 is 2.56 bits per heavy atom. The van der Waals surface area contributed by atoms with Crippen LogP contribution in [0, 0.1) is 0 Å². The average molecular weight is 288 g/mol. The van der Waals surface area contributed by atoms with Gasteiger partial charge in [0, 0.05) is 16.9 Å². The number of halogens is 1. The Balaban J connectivity index is 2.35. The predicted octanol–water partition coefficient (Wildman–Crippen LogP) is 3.47. The summed E-state index contributed by atoms with van der Waals surface area (Å²) in [4.78, 5) is 0. The third-order valence-electron chi connectivity index (χ3n) is 2.93. The van der Waals surface area contributed by atoms with Gasteiger partial charge in [-0.05, 0) is 19.9 Å². The molecule has 1 saturated heterocycles. The van der Waals surface area contributed by atoms with Crippen LogP contribution in [-0.2, 0) is 0 Å². The molecule has 0 spiro atoms. The summed E-state index contributed by atoms with van der Waals surface area (Å²) in [7, 11) is 3.21. The number of benzene rings is 1. The molecule has 0 saturated carbocycles. The van der Waals surface area contributed by atoms with E-state index in [1.165, 1.54) is 0 Å². The molecule has 0 radical (unpaired) electrons. The van der Waals surface area contributed by atoms with Gasteiger partial charge < -0.3 is 9.47 Å². The van der Waals surface area contributed by atoms with Crippen LogP contribution >= 0.6 is 23.4 Å². The van der Waals surface area contributed by atoms with Crippen molar-refractivity contribution in [3.8, 4) is 11.5 Å². The molecule has 1 atom stereocenters. The number of thioether (sulfide) groups is 1. The summed E-state index contributed by atoms with van der Waals surface area (Å²) in [5.74, 6) is 2.32. The molecule has 1 N–H and O–H groups in total. The molecule has 1 unspecified atom stereocenters. The molecule has 0 aliphatic carbocycles. The average Bonchev–Trinajstić information content (AvgIpc) is 2.68. The van der Waals surface area contributed by atoms with Crippen LogP contribution in [0.15, 0.2) is 12.1 Å². The Labute approximate surface area is 117 Å². The van der Waals surface area contributed by atoms with Gasteiger partial charge in [-0.15, -0.1) is 11.8 Å². The molecule has 18 heavy (non-hydrogen) atoms. The summed E-state index contributed by atoms with van der Waals surface area (Å²) in [6, 6.07) is 3.89. The lowest BCUT2D eigenvalue weighted by Gasteiger charge is -2.20. The zero-order valence-electron chi connectivity index (χ0n) is 11.0. The van der Waals surface area contributed by atoms with Crippen molar-refractivity contribution < 1.29 is 9.47 Å². The molecule has 0 aromatic heterocycles. The van der Waals surface area contributed by atoms with Gasteiger partial charge in [-0.2, -0.15) is 0 Å². The lowest BCUT2D eigenvalue weighted by molar-refractivity contribution is 0.354. The molecule has 2 rings (SSSR count). The molecule has 3 nitrogen and oxygen atoms in total. The van der Waals surface area contributed by atoms with Crippen molar-refractivity contribution in [3.05, 3.63) is 22.7 Å². The van der Waals surface area contributed by atoms with Crippen LogP contribution in [0.5, 0.6) is 11.5 Å². The highest BCUT2D eigenvalue weighted by Crippen LogP contribution is 2.45. The van der Waals surface area contributed by atoms with Crippen LogP contribution in [0.3, 0.4) is 0 Å². The van der Waals surface area contributed by atoms with Gasteiger partial charge in [0.1, 0.15) is 0 Å². The Morgan fingerprint density at radius 2 is 2.06 bits per heavy atom. The van der Waals surface area contributed by atoms with Crippen LogP contribution in [0.1, 0.15) is 24.8 Å². The number of hydrogen-bond donors (Lipinski definition) is 1. The second-order valence-corrected chi connectivity index (χ2v) is 6.39. The van der Waals surface area contributed by atoms with Gasteiger partial charge in [0.25, 0.3) is 0 Å². The maximum Gasteiger partial charge on any atom is 0.179 e. The van der Waals surface area contributed by atoms with Gasteiger partial charge in [-0.3, -0.25) is 5.32 Å². The van der Waals surface area contributed by atoms with Gasteiger partial charge in [0.2, 0.25) is 0 Å². The number of rotatable bonds is 3. The fraction of sp³-hybridized carbons (Fsp3) is 0.538. The quantitative estimate of drug-likeness (QED) is 0.922. The van der Waals surface area contributed by atoms with Crippen molar-refractivity contribution >= 4 is 23.4 Å². The van der Waals surface area contributed by atoms with Crippen molar-refractivity contribution in [1.82, 2.24) is 5.32 Å². The molecule has 1 aromatic carbocycles. The second-order valence-electron chi connectivity index (χ2n) is 4.92. The summed E-state index contributed by atoms with van der Waals surface area (Å²) in [5.41, 5.74) is 1.18. The lowest BCUT2D eigenvalue weighted by atomic mass is 10.1. The molecule has 5 heteroatoms. The number of ether oxygens (including phenoxy) is 2. The van der Waals surface area contributed by atoms with Crippen molar-refractivity contribution in [3.63, 3.8) is 0 Å². The van der Waals surface area contributed by atoms with Crippen molar-refractivity contribution in [2.45, 2.75) is 24.8 Å². The molecule has 1 aliphatic heterocycles. The largest absolute Gasteiger partial charge is 0.493 e. The number of hydrogen-bond acceptors (Lipinski definition) is 4. The highest BCUT2D eigenvalue weighted by molar-refractivity contribution is 7.99. The van der Waals surface area contributed by atoms with Gasteiger partial charge >= 0.3 is 0 Å². The summed E-state index contributed by atoms with van der Waals surface area (Å²) >= 11 is 8.26. The van der Waals surface area contributed by atoms with Gasteiger partial charge in [0.15, 0.2) is 11.5 Å². The molecule has 1 heterocycles. The van der Waals surface area contributed by atoms with E-state index in [9.17, 15) is 0 Å². The van der Waals surface area contributed by atoms with E-state index in [4.69, 9.17) is 21.1 Å². The van der Waals surface area contributed by atoms with E-state index in [0.29, 0.717) is 16.5 Å². The van der Waals surface area contributed by atoms with E-state index in [1.54, 1.807) is 14.2 Å². The van der Waals surface area contributed by atoms with E-state index in [1.807, 2.05) is 23.9 Å². The predicted molar refractivity (Wildman–Crippen MR) is 77.0 cm³/mol. The van der Waals surface area contributed by atoms with E-state index >= 15 is 0 Å². The Morgan fingerprint density at radius 1 is 1.33 bits per heavy atom. The first-order chi connectivity index (χ1) is 8.48. The third kappa shape index (κ3) is 2.56. The van der Waals surface area contributed by atoms with Crippen LogP contribution < -0.4 is 14.8 Å². The topological polar surface area (TPSA) is 30.5 Å². The van der Waals surface area contributed by atoms with Crippen LogP contribution in [0.2, 0.25) is 5.02 Å². The Bertz CT molecular complexity index is 451. The molecule has 1 aromatic rings. The number of methoxy groups -OCH3 is 2. The molecule has 1 aliphatic rings. The van der Waals surface area contributed by atoms with Crippen molar-refractivity contribution in [1.29, 1.82) is 0 Å². The fourth-order valence-corrected chi connectivity index (χ4v) is 3.86. The van der Waals surface area contributed by atoms with Crippen LogP contribution in [-0.4, -0.2) is 25.5 Å².